The Balaban J connectivity index is 1.86. The summed E-state index contributed by atoms with van der Waals surface area (Å²) in [5.74, 6) is -0.0277. The normalized spacial score (nSPS) is 21.5. The van der Waals surface area contributed by atoms with Crippen molar-refractivity contribution < 1.29 is 24.2 Å². The zero-order chi connectivity index (χ0) is 17.7. The highest BCUT2D eigenvalue weighted by molar-refractivity contribution is 5.83. The average molecular weight is 335 g/mol. The van der Waals surface area contributed by atoms with Gasteiger partial charge in [-0.15, -0.1) is 0 Å². The van der Waals surface area contributed by atoms with Crippen molar-refractivity contribution in [3.05, 3.63) is 29.8 Å². The van der Waals surface area contributed by atoms with E-state index in [1.165, 1.54) is 0 Å². The van der Waals surface area contributed by atoms with Gasteiger partial charge in [-0.25, -0.2) is 4.79 Å². The third kappa shape index (κ3) is 4.96. The summed E-state index contributed by atoms with van der Waals surface area (Å²) in [4.78, 5) is 23.1. The number of hydrogen-bond donors (Lipinski definition) is 2. The summed E-state index contributed by atoms with van der Waals surface area (Å²) < 4.78 is 10.9. The molecule has 2 rings (SSSR count). The molecule has 1 aliphatic heterocycles. The predicted molar refractivity (Wildman–Crippen MR) is 88.9 cm³/mol. The summed E-state index contributed by atoms with van der Waals surface area (Å²) in [6.07, 6.45) is -0.781. The Kier molecular flexibility index (Phi) is 6.20. The topological polar surface area (TPSA) is 84.9 Å². The summed E-state index contributed by atoms with van der Waals surface area (Å²) in [6.45, 7) is 6.72. The second-order valence-corrected chi connectivity index (χ2v) is 6.53. The summed E-state index contributed by atoms with van der Waals surface area (Å²) in [6, 6.07) is 7.40. The molecule has 1 aromatic carbocycles. The van der Waals surface area contributed by atoms with Crippen molar-refractivity contribution in [2.24, 2.45) is 5.92 Å². The van der Waals surface area contributed by atoms with Crippen molar-refractivity contribution in [3.8, 4) is 5.75 Å². The third-order valence-electron chi connectivity index (χ3n) is 3.91. The van der Waals surface area contributed by atoms with Crippen molar-refractivity contribution in [1.82, 2.24) is 5.32 Å². The molecule has 1 amide bonds. The minimum absolute atomic E-state index is 0.191. The quantitative estimate of drug-likeness (QED) is 0.800. The van der Waals surface area contributed by atoms with Crippen LogP contribution >= 0.6 is 0 Å². The first-order chi connectivity index (χ1) is 11.4. The molecular formula is C18H25NO5. The number of benzene rings is 1. The molecule has 1 aromatic rings. The Bertz CT molecular complexity index is 569. The maximum Gasteiger partial charge on any atom is 0.332 e. The summed E-state index contributed by atoms with van der Waals surface area (Å²) in [5.41, 5.74) is 0.952. The van der Waals surface area contributed by atoms with Gasteiger partial charge in [0.2, 0.25) is 5.91 Å². The molecule has 1 aliphatic rings. The lowest BCUT2D eigenvalue weighted by Gasteiger charge is -2.18. The summed E-state index contributed by atoms with van der Waals surface area (Å²) in [5, 5.41) is 11.8. The Morgan fingerprint density at radius 2 is 1.83 bits per heavy atom. The van der Waals surface area contributed by atoms with Gasteiger partial charge in [-0.1, -0.05) is 26.0 Å². The van der Waals surface area contributed by atoms with E-state index in [1.54, 1.807) is 0 Å². The lowest BCUT2D eigenvalue weighted by Crippen LogP contribution is -2.37. The van der Waals surface area contributed by atoms with Crippen molar-refractivity contribution >= 4 is 11.9 Å². The maximum atomic E-state index is 12.2. The molecular weight excluding hydrogens is 310 g/mol. The number of aliphatic carboxylic acids is 1. The predicted octanol–water partition coefficient (Wildman–Crippen LogP) is 2.53. The molecule has 132 valence electrons. The van der Waals surface area contributed by atoms with E-state index >= 15 is 0 Å². The van der Waals surface area contributed by atoms with Crippen molar-refractivity contribution in [1.29, 1.82) is 0 Å². The Morgan fingerprint density at radius 1 is 1.21 bits per heavy atom. The van der Waals surface area contributed by atoms with Gasteiger partial charge in [-0.3, -0.25) is 4.79 Å². The molecule has 1 saturated heterocycles. The van der Waals surface area contributed by atoms with Gasteiger partial charge in [0.1, 0.15) is 11.9 Å². The first kappa shape index (κ1) is 18.3. The number of carboxylic acids is 1. The average Bonchev–Trinajstić information content (AvgIpc) is 3.03. The minimum atomic E-state index is -1.02. The fourth-order valence-corrected chi connectivity index (χ4v) is 2.52. The number of amides is 1. The van der Waals surface area contributed by atoms with Crippen LogP contribution in [0.15, 0.2) is 24.3 Å². The van der Waals surface area contributed by atoms with Crippen LogP contribution in [-0.2, 0) is 14.3 Å². The van der Waals surface area contributed by atoms with Crippen molar-refractivity contribution in [2.45, 2.75) is 51.9 Å². The highest BCUT2D eigenvalue weighted by atomic mass is 16.5. The van der Waals surface area contributed by atoms with Gasteiger partial charge in [0.25, 0.3) is 0 Å². The van der Waals surface area contributed by atoms with Crippen LogP contribution < -0.4 is 10.1 Å². The van der Waals surface area contributed by atoms with E-state index in [1.807, 2.05) is 31.2 Å². The van der Waals surface area contributed by atoms with Gasteiger partial charge in [0, 0.05) is 0 Å². The van der Waals surface area contributed by atoms with Gasteiger partial charge in [0.05, 0.1) is 12.6 Å². The minimum Gasteiger partial charge on any atom is -0.493 e. The van der Waals surface area contributed by atoms with Gasteiger partial charge >= 0.3 is 5.97 Å². The number of ether oxygens (including phenoxy) is 2. The van der Waals surface area contributed by atoms with Gasteiger partial charge in [-0.2, -0.15) is 0 Å². The highest BCUT2D eigenvalue weighted by Gasteiger charge is 2.35. The summed E-state index contributed by atoms with van der Waals surface area (Å²) in [7, 11) is 0. The SMILES string of the molecule is CC(C)COc1ccc(C(C)NC(=O)[C@@H]2CC[C@H](C(=O)O)O2)cc1. The largest absolute Gasteiger partial charge is 0.493 e. The standard InChI is InChI=1S/C18H25NO5/c1-11(2)10-23-14-6-4-13(5-7-14)12(3)19-17(20)15-8-9-16(24-15)18(21)22/h4-7,11-12,15-16H,8-10H2,1-3H3,(H,19,20)(H,21,22)/t12?,15-,16+/m0/s1. The third-order valence-corrected chi connectivity index (χ3v) is 3.91. The van der Waals surface area contributed by atoms with Crippen LogP contribution in [0, 0.1) is 5.92 Å². The molecule has 0 spiro atoms. The van der Waals surface area contributed by atoms with Crippen LogP contribution in [0.1, 0.15) is 45.2 Å². The van der Waals surface area contributed by atoms with Crippen LogP contribution in [-0.4, -0.2) is 35.8 Å². The Hall–Kier alpha value is -2.08. The first-order valence-corrected chi connectivity index (χ1v) is 8.28. The Morgan fingerprint density at radius 3 is 2.38 bits per heavy atom. The molecule has 1 fully saturated rings. The molecule has 0 radical (unpaired) electrons. The number of hydrogen-bond acceptors (Lipinski definition) is 4. The molecule has 0 aliphatic carbocycles. The smallest absolute Gasteiger partial charge is 0.332 e. The molecule has 1 unspecified atom stereocenters. The molecule has 6 heteroatoms. The highest BCUT2D eigenvalue weighted by Crippen LogP contribution is 2.22. The van der Waals surface area contributed by atoms with Crippen LogP contribution in [0.2, 0.25) is 0 Å². The van der Waals surface area contributed by atoms with Crippen LogP contribution in [0.4, 0.5) is 0 Å². The van der Waals surface area contributed by atoms with Crippen LogP contribution in [0.3, 0.4) is 0 Å². The number of carbonyl (C=O) groups is 2. The number of carboxylic acid groups (broad SMARTS) is 1. The molecule has 0 saturated carbocycles. The zero-order valence-electron chi connectivity index (χ0n) is 14.3. The second kappa shape index (κ2) is 8.15. The maximum absolute atomic E-state index is 12.2. The second-order valence-electron chi connectivity index (χ2n) is 6.53. The van der Waals surface area contributed by atoms with Gasteiger partial charge in [-0.05, 0) is 43.4 Å². The molecule has 3 atom stereocenters. The van der Waals surface area contributed by atoms with E-state index in [4.69, 9.17) is 14.6 Å². The van der Waals surface area contributed by atoms with E-state index in [9.17, 15) is 9.59 Å². The van der Waals surface area contributed by atoms with Crippen LogP contribution in [0.25, 0.3) is 0 Å². The lowest BCUT2D eigenvalue weighted by atomic mass is 10.1. The molecule has 2 N–H and O–H groups in total. The molecule has 0 aromatic heterocycles. The van der Waals surface area contributed by atoms with E-state index < -0.39 is 18.2 Å². The van der Waals surface area contributed by atoms with Crippen molar-refractivity contribution in [3.63, 3.8) is 0 Å². The van der Waals surface area contributed by atoms with Gasteiger partial charge < -0.3 is 19.9 Å². The van der Waals surface area contributed by atoms with Crippen LogP contribution in [0.5, 0.6) is 5.75 Å². The zero-order valence-corrected chi connectivity index (χ0v) is 14.3. The van der Waals surface area contributed by atoms with Gasteiger partial charge in [0.15, 0.2) is 6.10 Å². The fraction of sp³-hybridized carbons (Fsp3) is 0.556. The van der Waals surface area contributed by atoms with E-state index in [0.717, 1.165) is 11.3 Å². The molecule has 24 heavy (non-hydrogen) atoms. The molecule has 1 heterocycles. The molecule has 6 nitrogen and oxygen atoms in total. The van der Waals surface area contributed by atoms with E-state index in [-0.39, 0.29) is 11.9 Å². The first-order valence-electron chi connectivity index (χ1n) is 8.28. The number of carbonyl (C=O) groups excluding carboxylic acids is 1. The van der Waals surface area contributed by atoms with E-state index in [2.05, 4.69) is 19.2 Å². The van der Waals surface area contributed by atoms with E-state index in [0.29, 0.717) is 25.4 Å². The lowest BCUT2D eigenvalue weighted by molar-refractivity contribution is -0.151. The number of rotatable bonds is 7. The summed E-state index contributed by atoms with van der Waals surface area (Å²) >= 11 is 0. The Labute approximate surface area is 142 Å². The number of nitrogens with one attached hydrogen (secondary N) is 1. The fourth-order valence-electron chi connectivity index (χ4n) is 2.52. The monoisotopic (exact) mass is 335 g/mol. The van der Waals surface area contributed by atoms with Crippen molar-refractivity contribution in [2.75, 3.05) is 6.61 Å². The molecule has 0 bridgehead atoms.